The molecule has 0 fully saturated rings. The van der Waals surface area contributed by atoms with Crippen LogP contribution in [0.4, 0.5) is 4.79 Å². The summed E-state index contributed by atoms with van der Waals surface area (Å²) in [6.07, 6.45) is 9.56. The van der Waals surface area contributed by atoms with Crippen LogP contribution in [0.5, 0.6) is 11.5 Å². The van der Waals surface area contributed by atoms with Crippen molar-refractivity contribution in [3.63, 3.8) is 0 Å². The first kappa shape index (κ1) is 24.7. The fourth-order valence-electron chi connectivity index (χ4n) is 4.33. The molecule has 3 aromatic carbocycles. The number of hydrogen-bond acceptors (Lipinski definition) is 4. The summed E-state index contributed by atoms with van der Waals surface area (Å²) in [5.41, 5.74) is 0.903. The maximum atomic E-state index is 12.1. The Hall–Kier alpha value is -2.95. The van der Waals surface area contributed by atoms with Gasteiger partial charge in [-0.2, -0.15) is 0 Å². The lowest BCUT2D eigenvalue weighted by Crippen LogP contribution is -2.25. The van der Waals surface area contributed by atoms with Crippen molar-refractivity contribution in [2.45, 2.75) is 64.9 Å². The lowest BCUT2D eigenvalue weighted by Gasteiger charge is -2.16. The molecule has 0 unspecified atom stereocenters. The van der Waals surface area contributed by atoms with E-state index in [2.05, 4.69) is 12.2 Å². The van der Waals surface area contributed by atoms with Crippen LogP contribution in [-0.2, 0) is 11.3 Å². The molecule has 3 rings (SSSR count). The minimum absolute atomic E-state index is 0.206. The zero-order valence-electron chi connectivity index (χ0n) is 20.2. The van der Waals surface area contributed by atoms with Crippen molar-refractivity contribution in [2.75, 3.05) is 20.8 Å². The van der Waals surface area contributed by atoms with Gasteiger partial charge in [-0.1, -0.05) is 88.3 Å². The van der Waals surface area contributed by atoms with E-state index >= 15 is 0 Å². The minimum atomic E-state index is -0.374. The Morgan fingerprint density at radius 3 is 1.97 bits per heavy atom. The predicted molar refractivity (Wildman–Crippen MR) is 135 cm³/mol. The molecule has 0 saturated heterocycles. The number of alkyl carbamates (subject to hydrolysis) is 1. The van der Waals surface area contributed by atoms with Crippen molar-refractivity contribution >= 4 is 27.6 Å². The highest BCUT2D eigenvalue weighted by Gasteiger charge is 2.15. The summed E-state index contributed by atoms with van der Waals surface area (Å²) in [7, 11) is 3.36. The molecule has 0 aliphatic rings. The average Bonchev–Trinajstić information content (AvgIpc) is 2.84. The Bertz CT molecular complexity index is 1050. The molecule has 5 nitrogen and oxygen atoms in total. The summed E-state index contributed by atoms with van der Waals surface area (Å²) < 4.78 is 16.9. The van der Waals surface area contributed by atoms with Gasteiger partial charge < -0.3 is 19.5 Å². The lowest BCUT2D eigenvalue weighted by molar-refractivity contribution is 0.139. The second-order valence-electron chi connectivity index (χ2n) is 8.47. The Kier molecular flexibility index (Phi) is 9.67. The number of benzene rings is 3. The first-order valence-corrected chi connectivity index (χ1v) is 12.2. The molecule has 1 N–H and O–H groups in total. The summed E-state index contributed by atoms with van der Waals surface area (Å²) >= 11 is 0. The highest BCUT2D eigenvalue weighted by Crippen LogP contribution is 2.42. The molecule has 0 aliphatic carbocycles. The molecule has 3 aromatic rings. The molecule has 1 amide bonds. The Morgan fingerprint density at radius 1 is 0.758 bits per heavy atom. The lowest BCUT2D eigenvalue weighted by atomic mass is 9.99. The minimum Gasteiger partial charge on any atom is -0.495 e. The molecular formula is C28H37NO4. The molecule has 0 aliphatic heterocycles. The topological polar surface area (TPSA) is 56.8 Å². The van der Waals surface area contributed by atoms with E-state index in [1.807, 2.05) is 42.5 Å². The highest BCUT2D eigenvalue weighted by atomic mass is 16.5. The van der Waals surface area contributed by atoms with Gasteiger partial charge in [-0.15, -0.1) is 0 Å². The molecule has 5 heteroatoms. The van der Waals surface area contributed by atoms with Crippen LogP contribution in [0.15, 0.2) is 42.5 Å². The van der Waals surface area contributed by atoms with Crippen LogP contribution in [0.1, 0.15) is 63.9 Å². The van der Waals surface area contributed by atoms with E-state index < -0.39 is 0 Å². The second kappa shape index (κ2) is 12.9. The normalized spacial score (nSPS) is 11.0. The summed E-state index contributed by atoms with van der Waals surface area (Å²) in [6, 6.07) is 14.0. The van der Waals surface area contributed by atoms with Crippen molar-refractivity contribution in [1.29, 1.82) is 0 Å². The van der Waals surface area contributed by atoms with Gasteiger partial charge >= 0.3 is 6.09 Å². The molecule has 0 heterocycles. The van der Waals surface area contributed by atoms with Crippen LogP contribution >= 0.6 is 0 Å². The van der Waals surface area contributed by atoms with Crippen LogP contribution in [0, 0.1) is 0 Å². The molecule has 0 spiro atoms. The number of nitrogens with one attached hydrogen (secondary N) is 1. The number of unbranched alkanes of at least 4 members (excludes halogenated alkanes) is 7. The summed E-state index contributed by atoms with van der Waals surface area (Å²) in [4.78, 5) is 12.1. The van der Waals surface area contributed by atoms with E-state index in [1.165, 1.54) is 38.5 Å². The van der Waals surface area contributed by atoms with Crippen molar-refractivity contribution < 1.29 is 19.0 Å². The summed E-state index contributed by atoms with van der Waals surface area (Å²) in [5, 5.41) is 6.77. The van der Waals surface area contributed by atoms with Crippen LogP contribution in [0.25, 0.3) is 21.5 Å². The Balaban J connectivity index is 1.55. The molecular weight excluding hydrogens is 414 g/mol. The van der Waals surface area contributed by atoms with Crippen molar-refractivity contribution in [1.82, 2.24) is 5.32 Å². The van der Waals surface area contributed by atoms with Gasteiger partial charge in [0.15, 0.2) is 0 Å². The van der Waals surface area contributed by atoms with E-state index in [-0.39, 0.29) is 12.7 Å². The number of ether oxygens (including phenoxy) is 3. The van der Waals surface area contributed by atoms with Crippen molar-refractivity contribution in [3.05, 3.63) is 48.0 Å². The number of rotatable bonds is 13. The molecule has 178 valence electrons. The van der Waals surface area contributed by atoms with Gasteiger partial charge in [-0.25, -0.2) is 4.79 Å². The third-order valence-electron chi connectivity index (χ3n) is 6.07. The number of fused-ring (bicyclic) bond motifs is 2. The van der Waals surface area contributed by atoms with E-state index in [9.17, 15) is 4.79 Å². The quantitative estimate of drug-likeness (QED) is 0.218. The summed E-state index contributed by atoms with van der Waals surface area (Å²) in [5.74, 6) is 1.61. The maximum Gasteiger partial charge on any atom is 0.407 e. The number of amides is 1. The molecule has 0 aromatic heterocycles. The monoisotopic (exact) mass is 451 g/mol. The standard InChI is InChI=1S/C28H37NO4/c1-4-5-6-7-8-9-10-13-18-29-28(30)33-20-21-16-17-24-25(19-21)27(32-3)23-15-12-11-14-22(23)26(24)31-2/h11-12,14-17,19H,4-10,13,18,20H2,1-3H3,(H,29,30). The van der Waals surface area contributed by atoms with Gasteiger partial charge in [0.05, 0.1) is 14.2 Å². The second-order valence-corrected chi connectivity index (χ2v) is 8.47. The van der Waals surface area contributed by atoms with Gasteiger partial charge in [0.25, 0.3) is 0 Å². The first-order chi connectivity index (χ1) is 16.2. The van der Waals surface area contributed by atoms with Gasteiger partial charge in [0, 0.05) is 28.1 Å². The third-order valence-corrected chi connectivity index (χ3v) is 6.07. The number of carbonyl (C=O) groups excluding carboxylic acids is 1. The Morgan fingerprint density at radius 2 is 1.33 bits per heavy atom. The SMILES string of the molecule is CCCCCCCCCCNC(=O)OCc1ccc2c(OC)c3ccccc3c(OC)c2c1. The third kappa shape index (κ3) is 6.53. The van der Waals surface area contributed by atoms with Crippen molar-refractivity contribution in [3.8, 4) is 11.5 Å². The predicted octanol–water partition coefficient (Wildman–Crippen LogP) is 7.38. The van der Waals surface area contributed by atoms with E-state index in [0.29, 0.717) is 6.54 Å². The van der Waals surface area contributed by atoms with E-state index in [4.69, 9.17) is 14.2 Å². The van der Waals surface area contributed by atoms with Gasteiger partial charge in [0.1, 0.15) is 18.1 Å². The Labute approximate surface area is 197 Å². The van der Waals surface area contributed by atoms with Crippen LogP contribution in [0.2, 0.25) is 0 Å². The molecule has 33 heavy (non-hydrogen) atoms. The van der Waals surface area contributed by atoms with Crippen LogP contribution in [0.3, 0.4) is 0 Å². The zero-order valence-corrected chi connectivity index (χ0v) is 20.2. The molecule has 0 bridgehead atoms. The van der Waals surface area contributed by atoms with Gasteiger partial charge in [-0.3, -0.25) is 0 Å². The van der Waals surface area contributed by atoms with E-state index in [0.717, 1.165) is 51.4 Å². The van der Waals surface area contributed by atoms with Gasteiger partial charge in [0.2, 0.25) is 0 Å². The fraction of sp³-hybridized carbons (Fsp3) is 0.464. The molecule has 0 radical (unpaired) electrons. The maximum absolute atomic E-state index is 12.1. The zero-order chi connectivity index (χ0) is 23.5. The highest BCUT2D eigenvalue weighted by molar-refractivity contribution is 6.11. The van der Waals surface area contributed by atoms with Crippen molar-refractivity contribution in [2.24, 2.45) is 0 Å². The smallest absolute Gasteiger partial charge is 0.407 e. The van der Waals surface area contributed by atoms with Crippen LogP contribution < -0.4 is 14.8 Å². The first-order valence-electron chi connectivity index (χ1n) is 12.2. The molecule has 0 saturated carbocycles. The largest absolute Gasteiger partial charge is 0.495 e. The number of hydrogen-bond donors (Lipinski definition) is 1. The average molecular weight is 452 g/mol. The van der Waals surface area contributed by atoms with E-state index in [1.54, 1.807) is 14.2 Å². The summed E-state index contributed by atoms with van der Waals surface area (Å²) in [6.45, 7) is 3.10. The number of carbonyl (C=O) groups is 1. The molecule has 0 atom stereocenters. The van der Waals surface area contributed by atoms with Crippen LogP contribution in [-0.4, -0.2) is 26.9 Å². The number of methoxy groups -OCH3 is 2. The van der Waals surface area contributed by atoms with Gasteiger partial charge in [-0.05, 0) is 18.1 Å². The fourth-order valence-corrected chi connectivity index (χ4v) is 4.33.